The highest BCUT2D eigenvalue weighted by Gasteiger charge is 2.34. The van der Waals surface area contributed by atoms with E-state index < -0.39 is 43.2 Å². The van der Waals surface area contributed by atoms with Gasteiger partial charge in [-0.1, -0.05) is 23.7 Å². The fraction of sp³-hybridized carbons (Fsp3) is 0.286. The Labute approximate surface area is 189 Å². The van der Waals surface area contributed by atoms with E-state index in [9.17, 15) is 29.4 Å². The van der Waals surface area contributed by atoms with E-state index in [2.05, 4.69) is 4.52 Å². The summed E-state index contributed by atoms with van der Waals surface area (Å²) in [6.07, 6.45) is -1.97. The quantitative estimate of drug-likeness (QED) is 0.413. The van der Waals surface area contributed by atoms with Gasteiger partial charge in [0.05, 0.1) is 11.1 Å². The van der Waals surface area contributed by atoms with Crippen LogP contribution < -0.4 is 9.95 Å². The summed E-state index contributed by atoms with van der Waals surface area (Å²) in [4.78, 5) is 33.5. The minimum Gasteiger partial charge on any atom is -0.507 e. The molecule has 32 heavy (non-hydrogen) atoms. The number of aromatic hydroxyl groups is 1. The molecule has 0 spiro atoms. The highest BCUT2D eigenvalue weighted by atomic mass is 35.5. The summed E-state index contributed by atoms with van der Waals surface area (Å²) in [7, 11) is -3.35. The fourth-order valence-electron chi connectivity index (χ4n) is 3.89. The first-order chi connectivity index (χ1) is 15.5. The number of phenolic OH excluding ortho intramolecular Hbond substituents is 1. The van der Waals surface area contributed by atoms with Crippen molar-refractivity contribution < 1.29 is 34.9 Å². The predicted molar refractivity (Wildman–Crippen MR) is 118 cm³/mol. The number of phenols is 1. The standard InChI is InChI=1S/C21H21ClNO8P/c1-23-7-6-12(16(26)10-23)19-14(24)9-18(31-32(27,28)29)20-15(25)8-17(30-21(19)20)11-4-2-3-5-13(11)22/h2-5,8-9,12,16,24,26H,6-7,10H2,1H3,(H2,27,28,29)/t12-,16+/m0/s1/i6D/t6?,12-,16+. The number of phosphoric acid groups is 1. The molecule has 0 amide bonds. The highest BCUT2D eigenvalue weighted by molar-refractivity contribution is 7.46. The molecule has 3 atom stereocenters. The van der Waals surface area contributed by atoms with Crippen LogP contribution in [0.15, 0.2) is 45.6 Å². The van der Waals surface area contributed by atoms with Crippen molar-refractivity contribution in [3.63, 3.8) is 0 Å². The van der Waals surface area contributed by atoms with E-state index in [1.54, 1.807) is 36.2 Å². The first kappa shape index (κ1) is 21.5. The lowest BCUT2D eigenvalue weighted by atomic mass is 9.85. The van der Waals surface area contributed by atoms with Crippen LogP contribution in [0, 0.1) is 0 Å². The smallest absolute Gasteiger partial charge is 0.507 e. The molecule has 4 rings (SSSR count). The molecule has 1 fully saturated rings. The molecule has 0 aliphatic carbocycles. The van der Waals surface area contributed by atoms with Gasteiger partial charge in [-0.15, -0.1) is 0 Å². The summed E-state index contributed by atoms with van der Waals surface area (Å²) >= 11 is 6.25. The second-order valence-corrected chi connectivity index (χ2v) is 9.17. The minimum absolute atomic E-state index is 0.0188. The molecular weight excluding hydrogens is 461 g/mol. The van der Waals surface area contributed by atoms with Crippen molar-refractivity contribution in [1.29, 1.82) is 0 Å². The molecule has 2 heterocycles. The maximum atomic E-state index is 13.1. The molecule has 1 unspecified atom stereocenters. The second-order valence-electron chi connectivity index (χ2n) is 7.60. The molecule has 1 aliphatic heterocycles. The van der Waals surface area contributed by atoms with Gasteiger partial charge in [0.15, 0.2) is 5.43 Å². The summed E-state index contributed by atoms with van der Waals surface area (Å²) in [6, 6.07) is 8.55. The lowest BCUT2D eigenvalue weighted by Crippen LogP contribution is -2.40. The van der Waals surface area contributed by atoms with E-state index in [1.165, 1.54) is 0 Å². The van der Waals surface area contributed by atoms with E-state index in [-0.39, 0.29) is 40.4 Å². The Morgan fingerprint density at radius 3 is 2.69 bits per heavy atom. The zero-order valence-corrected chi connectivity index (χ0v) is 18.5. The van der Waals surface area contributed by atoms with E-state index in [4.69, 9.17) is 17.4 Å². The first-order valence-corrected chi connectivity index (χ1v) is 11.5. The van der Waals surface area contributed by atoms with Crippen LogP contribution in [0.3, 0.4) is 0 Å². The fourth-order valence-corrected chi connectivity index (χ4v) is 4.52. The Bertz CT molecular complexity index is 1310. The number of rotatable bonds is 4. The number of hydrogen-bond donors (Lipinski definition) is 4. The molecule has 9 nitrogen and oxygen atoms in total. The van der Waals surface area contributed by atoms with Gasteiger partial charge in [0.2, 0.25) is 0 Å². The monoisotopic (exact) mass is 482 g/mol. The number of aliphatic hydroxyl groups excluding tert-OH is 1. The third kappa shape index (κ3) is 4.41. The topological polar surface area (TPSA) is 141 Å². The maximum absolute atomic E-state index is 13.1. The van der Waals surface area contributed by atoms with Gasteiger partial charge in [-0.3, -0.25) is 14.6 Å². The van der Waals surface area contributed by atoms with Crippen molar-refractivity contribution in [1.82, 2.24) is 4.90 Å². The second kappa shape index (κ2) is 8.51. The van der Waals surface area contributed by atoms with Crippen LogP contribution in [-0.4, -0.2) is 51.1 Å². The lowest BCUT2D eigenvalue weighted by Gasteiger charge is -2.34. The molecule has 1 saturated heterocycles. The van der Waals surface area contributed by atoms with Crippen molar-refractivity contribution in [3.05, 3.63) is 57.2 Å². The van der Waals surface area contributed by atoms with Crippen molar-refractivity contribution in [3.8, 4) is 22.8 Å². The molecule has 0 bridgehead atoms. The Morgan fingerprint density at radius 1 is 1.31 bits per heavy atom. The minimum atomic E-state index is -5.10. The van der Waals surface area contributed by atoms with Crippen molar-refractivity contribution in [2.24, 2.45) is 0 Å². The number of benzene rings is 2. The van der Waals surface area contributed by atoms with E-state index in [1.807, 2.05) is 0 Å². The molecule has 4 N–H and O–H groups in total. The highest BCUT2D eigenvalue weighted by Crippen LogP contribution is 2.47. The largest absolute Gasteiger partial charge is 0.524 e. The summed E-state index contributed by atoms with van der Waals surface area (Å²) in [5.41, 5.74) is -0.600. The summed E-state index contributed by atoms with van der Waals surface area (Å²) in [5, 5.41) is 21.5. The number of halogens is 1. The Balaban J connectivity index is 2.06. The molecule has 0 saturated carbocycles. The number of hydrogen-bond acceptors (Lipinski definition) is 7. The van der Waals surface area contributed by atoms with Crippen LogP contribution in [0.2, 0.25) is 5.02 Å². The van der Waals surface area contributed by atoms with Crippen LogP contribution >= 0.6 is 19.4 Å². The van der Waals surface area contributed by atoms with Gasteiger partial charge in [0, 0.05) is 37.1 Å². The van der Waals surface area contributed by atoms with Crippen LogP contribution in [0.25, 0.3) is 22.3 Å². The number of likely N-dealkylation sites (tertiary alicyclic amines) is 1. The molecule has 11 heteroatoms. The number of likely N-dealkylation sites (N-methyl/N-ethyl adjacent to an activating group) is 1. The zero-order chi connectivity index (χ0) is 24.1. The van der Waals surface area contributed by atoms with Crippen molar-refractivity contribution >= 4 is 30.4 Å². The Kier molecular flexibility index (Phi) is 5.71. The van der Waals surface area contributed by atoms with Crippen LogP contribution in [0.5, 0.6) is 11.5 Å². The van der Waals surface area contributed by atoms with Crippen molar-refractivity contribution in [2.75, 3.05) is 20.1 Å². The summed E-state index contributed by atoms with van der Waals surface area (Å²) in [5.74, 6) is -2.02. The maximum Gasteiger partial charge on any atom is 0.524 e. The summed E-state index contributed by atoms with van der Waals surface area (Å²) in [6.45, 7) is 0.480. The molecule has 1 aliphatic rings. The number of phosphoric ester groups is 1. The van der Waals surface area contributed by atoms with Crippen molar-refractivity contribution in [2.45, 2.75) is 18.4 Å². The summed E-state index contributed by atoms with van der Waals surface area (Å²) < 4.78 is 30.6. The number of aliphatic hydroxyl groups is 1. The average molecular weight is 483 g/mol. The molecule has 170 valence electrons. The first-order valence-electron chi connectivity index (χ1n) is 10.2. The molecule has 0 radical (unpaired) electrons. The number of fused-ring (bicyclic) bond motifs is 1. The third-order valence-electron chi connectivity index (χ3n) is 5.26. The van der Waals surface area contributed by atoms with E-state index in [0.29, 0.717) is 5.56 Å². The number of β-amino-alcohol motifs (C(OH)–C–C–N with tert-alkyl or cyclic N) is 1. The lowest BCUT2D eigenvalue weighted by molar-refractivity contribution is 0.0630. The van der Waals surface area contributed by atoms with E-state index in [0.717, 1.165) is 12.1 Å². The van der Waals surface area contributed by atoms with Gasteiger partial charge < -0.3 is 24.1 Å². The molecular formula is C21H21ClNO8P. The van der Waals surface area contributed by atoms with Gasteiger partial charge >= 0.3 is 7.82 Å². The van der Waals surface area contributed by atoms with Gasteiger partial charge in [-0.25, -0.2) is 4.57 Å². The average Bonchev–Trinajstić information content (AvgIpc) is 2.68. The Hall–Kier alpha value is -2.39. The van der Waals surface area contributed by atoms with Gasteiger partial charge in [-0.05, 0) is 32.1 Å². The molecule has 2 aromatic carbocycles. The Morgan fingerprint density at radius 2 is 2.03 bits per heavy atom. The van der Waals surface area contributed by atoms with Crippen LogP contribution in [0.1, 0.15) is 19.2 Å². The predicted octanol–water partition coefficient (Wildman–Crippen LogP) is 3.07. The molecule has 1 aromatic heterocycles. The van der Waals surface area contributed by atoms with Crippen LogP contribution in [0.4, 0.5) is 0 Å². The number of piperidine rings is 1. The SMILES string of the molecule is [2H]C1CN(C)C[C@@H](O)[C@H]1c1c(O)cc(OP(=O)(O)O)c2c(=O)cc(-c3ccccc3Cl)oc12. The van der Waals surface area contributed by atoms with E-state index >= 15 is 0 Å². The molecule has 3 aromatic rings. The van der Waals surface area contributed by atoms with Gasteiger partial charge in [-0.2, -0.15) is 0 Å². The normalized spacial score (nSPS) is 22.7. The number of nitrogens with zero attached hydrogens (tertiary/aromatic N) is 1. The van der Waals surface area contributed by atoms with Gasteiger partial charge in [0.25, 0.3) is 0 Å². The zero-order valence-electron chi connectivity index (χ0n) is 17.8. The third-order valence-corrected chi connectivity index (χ3v) is 6.02. The van der Waals surface area contributed by atoms with Gasteiger partial charge in [0.1, 0.15) is 28.2 Å². The van der Waals surface area contributed by atoms with Crippen LogP contribution in [-0.2, 0) is 4.57 Å².